The lowest BCUT2D eigenvalue weighted by Crippen LogP contribution is -2.36. The third kappa shape index (κ3) is 3.29. The average molecular weight is 314 g/mol. The summed E-state index contributed by atoms with van der Waals surface area (Å²) in [5, 5.41) is 16.2. The number of aryl methyl sites for hydroxylation is 1. The number of aromatic nitrogens is 4. The number of nitrogens with one attached hydrogen (secondary N) is 1. The second kappa shape index (κ2) is 5.68. The topological polar surface area (TPSA) is 55.6 Å². The summed E-state index contributed by atoms with van der Waals surface area (Å²) in [6.45, 7) is 8.67. The number of hydrogen-bond donors (Lipinski definition) is 1. The molecule has 0 aliphatic rings. The van der Waals surface area contributed by atoms with E-state index in [0.717, 1.165) is 5.56 Å². The Morgan fingerprint density at radius 3 is 2.60 bits per heavy atom. The van der Waals surface area contributed by atoms with Crippen LogP contribution < -0.4 is 5.32 Å². The van der Waals surface area contributed by atoms with Crippen molar-refractivity contribution in [2.24, 2.45) is 0 Å². The van der Waals surface area contributed by atoms with Crippen LogP contribution >= 0.6 is 23.2 Å². The molecule has 0 spiro atoms. The zero-order valence-corrected chi connectivity index (χ0v) is 13.4. The molecule has 108 valence electrons. The molecule has 2 rings (SSSR count). The second-order valence-electron chi connectivity index (χ2n) is 5.64. The highest BCUT2D eigenvalue weighted by Crippen LogP contribution is 2.31. The molecule has 0 bridgehead atoms. The van der Waals surface area contributed by atoms with E-state index >= 15 is 0 Å². The van der Waals surface area contributed by atoms with Crippen molar-refractivity contribution >= 4 is 23.2 Å². The Morgan fingerprint density at radius 2 is 1.95 bits per heavy atom. The first-order chi connectivity index (χ1) is 9.29. The van der Waals surface area contributed by atoms with E-state index in [0.29, 0.717) is 28.1 Å². The molecule has 1 aromatic heterocycles. The average Bonchev–Trinajstić information content (AvgIpc) is 2.79. The van der Waals surface area contributed by atoms with Crippen molar-refractivity contribution in [2.75, 3.05) is 0 Å². The Kier molecular flexibility index (Phi) is 4.32. The maximum Gasteiger partial charge on any atom is 0.170 e. The van der Waals surface area contributed by atoms with Gasteiger partial charge in [-0.15, -0.1) is 5.10 Å². The lowest BCUT2D eigenvalue weighted by Gasteiger charge is -2.20. The smallest absolute Gasteiger partial charge is 0.170 e. The summed E-state index contributed by atoms with van der Waals surface area (Å²) in [4.78, 5) is 0. The third-order valence-electron chi connectivity index (χ3n) is 2.78. The van der Waals surface area contributed by atoms with Gasteiger partial charge in [0.25, 0.3) is 0 Å². The van der Waals surface area contributed by atoms with Crippen LogP contribution in [0.2, 0.25) is 10.0 Å². The van der Waals surface area contributed by atoms with Crippen molar-refractivity contribution in [2.45, 2.75) is 39.8 Å². The number of nitrogens with zero attached hydrogens (tertiary/aromatic N) is 4. The maximum absolute atomic E-state index is 6.33. The highest BCUT2D eigenvalue weighted by molar-refractivity contribution is 6.38. The fourth-order valence-corrected chi connectivity index (χ4v) is 2.20. The largest absolute Gasteiger partial charge is 0.305 e. The molecule has 1 aromatic carbocycles. The van der Waals surface area contributed by atoms with Gasteiger partial charge in [-0.1, -0.05) is 29.3 Å². The fraction of sp³-hybridized carbons (Fsp3) is 0.462. The van der Waals surface area contributed by atoms with Crippen molar-refractivity contribution < 1.29 is 0 Å². The molecule has 2 aromatic rings. The van der Waals surface area contributed by atoms with E-state index in [1.807, 2.05) is 13.0 Å². The molecule has 0 saturated carbocycles. The van der Waals surface area contributed by atoms with Crippen LogP contribution in [0.15, 0.2) is 12.1 Å². The van der Waals surface area contributed by atoms with Crippen molar-refractivity contribution in [3.8, 4) is 5.69 Å². The third-order valence-corrected chi connectivity index (χ3v) is 3.56. The van der Waals surface area contributed by atoms with E-state index < -0.39 is 0 Å². The highest BCUT2D eigenvalue weighted by atomic mass is 35.5. The van der Waals surface area contributed by atoms with E-state index in [4.69, 9.17) is 23.2 Å². The predicted molar refractivity (Wildman–Crippen MR) is 80.5 cm³/mol. The van der Waals surface area contributed by atoms with Gasteiger partial charge in [-0.05, 0) is 49.8 Å². The van der Waals surface area contributed by atoms with Crippen LogP contribution in [0.3, 0.4) is 0 Å². The number of benzene rings is 1. The van der Waals surface area contributed by atoms with E-state index in [1.54, 1.807) is 10.7 Å². The first-order valence-electron chi connectivity index (χ1n) is 6.27. The van der Waals surface area contributed by atoms with Gasteiger partial charge in [0, 0.05) is 5.54 Å². The minimum Gasteiger partial charge on any atom is -0.305 e. The van der Waals surface area contributed by atoms with Gasteiger partial charge >= 0.3 is 0 Å². The first-order valence-corrected chi connectivity index (χ1v) is 7.02. The molecule has 20 heavy (non-hydrogen) atoms. The number of rotatable bonds is 3. The number of tetrazole rings is 1. The number of hydrogen-bond acceptors (Lipinski definition) is 4. The van der Waals surface area contributed by atoms with Crippen molar-refractivity contribution in [1.29, 1.82) is 0 Å². The molecule has 0 aliphatic heterocycles. The summed E-state index contributed by atoms with van der Waals surface area (Å²) in [5.41, 5.74) is 1.51. The molecule has 7 heteroatoms. The van der Waals surface area contributed by atoms with Crippen molar-refractivity contribution in [3.05, 3.63) is 33.6 Å². The van der Waals surface area contributed by atoms with E-state index in [9.17, 15) is 0 Å². The standard InChI is InChI=1S/C13H17Cl2N5/c1-8-5-6-9(14)12(11(8)15)20-10(17-18-19-20)7-16-13(2,3)4/h5-6,16H,7H2,1-4H3. The van der Waals surface area contributed by atoms with Crippen LogP contribution in [0.4, 0.5) is 0 Å². The Hall–Kier alpha value is -1.17. The summed E-state index contributed by atoms with van der Waals surface area (Å²) >= 11 is 12.6. The molecule has 0 aliphatic carbocycles. The van der Waals surface area contributed by atoms with Crippen LogP contribution in [-0.4, -0.2) is 25.7 Å². The van der Waals surface area contributed by atoms with Crippen molar-refractivity contribution in [1.82, 2.24) is 25.5 Å². The first kappa shape index (κ1) is 15.2. The maximum atomic E-state index is 6.33. The lowest BCUT2D eigenvalue weighted by atomic mass is 10.1. The molecule has 1 heterocycles. The zero-order valence-electron chi connectivity index (χ0n) is 11.9. The molecule has 1 N–H and O–H groups in total. The zero-order chi connectivity index (χ0) is 14.9. The number of halogens is 2. The molecular formula is C13H17Cl2N5. The van der Waals surface area contributed by atoms with Gasteiger partial charge in [0.05, 0.1) is 16.6 Å². The Bertz CT molecular complexity index is 616. The monoisotopic (exact) mass is 313 g/mol. The van der Waals surface area contributed by atoms with Crippen LogP contribution in [-0.2, 0) is 6.54 Å². The van der Waals surface area contributed by atoms with Gasteiger partial charge in [0.15, 0.2) is 5.82 Å². The molecule has 0 saturated heterocycles. The van der Waals surface area contributed by atoms with Gasteiger partial charge in [-0.2, -0.15) is 4.68 Å². The van der Waals surface area contributed by atoms with Crippen molar-refractivity contribution in [3.63, 3.8) is 0 Å². The van der Waals surface area contributed by atoms with Gasteiger partial charge in [0.1, 0.15) is 5.69 Å². The summed E-state index contributed by atoms with van der Waals surface area (Å²) in [7, 11) is 0. The Balaban J connectivity index is 2.40. The molecular weight excluding hydrogens is 297 g/mol. The molecule has 0 atom stereocenters. The summed E-state index contributed by atoms with van der Waals surface area (Å²) in [6, 6.07) is 3.66. The Morgan fingerprint density at radius 1 is 1.25 bits per heavy atom. The van der Waals surface area contributed by atoms with Crippen LogP contribution in [0.25, 0.3) is 5.69 Å². The molecule has 0 fully saturated rings. The SMILES string of the molecule is Cc1ccc(Cl)c(-n2nnnc2CNC(C)(C)C)c1Cl. The highest BCUT2D eigenvalue weighted by Gasteiger charge is 2.18. The van der Waals surface area contributed by atoms with E-state index in [1.165, 1.54) is 0 Å². The molecule has 0 amide bonds. The van der Waals surface area contributed by atoms with Gasteiger partial charge in [-0.3, -0.25) is 0 Å². The predicted octanol–water partition coefficient (Wildman–Crippen LogP) is 3.17. The normalized spacial score (nSPS) is 11.9. The lowest BCUT2D eigenvalue weighted by molar-refractivity contribution is 0.415. The Labute approximate surface area is 128 Å². The molecule has 0 radical (unpaired) electrons. The molecule has 0 unspecified atom stereocenters. The van der Waals surface area contributed by atoms with E-state index in [2.05, 4.69) is 41.6 Å². The van der Waals surface area contributed by atoms with E-state index in [-0.39, 0.29) is 5.54 Å². The molecule has 5 nitrogen and oxygen atoms in total. The summed E-state index contributed by atoms with van der Waals surface area (Å²) < 4.78 is 1.58. The van der Waals surface area contributed by atoms with Gasteiger partial charge in [0.2, 0.25) is 0 Å². The second-order valence-corrected chi connectivity index (χ2v) is 6.42. The van der Waals surface area contributed by atoms with Gasteiger partial charge in [-0.25, -0.2) is 0 Å². The minimum atomic E-state index is -0.0308. The summed E-state index contributed by atoms with van der Waals surface area (Å²) in [6.07, 6.45) is 0. The quantitative estimate of drug-likeness (QED) is 0.945. The van der Waals surface area contributed by atoms with Crippen LogP contribution in [0, 0.1) is 6.92 Å². The minimum absolute atomic E-state index is 0.0308. The van der Waals surface area contributed by atoms with Crippen LogP contribution in [0.1, 0.15) is 32.2 Å². The summed E-state index contributed by atoms with van der Waals surface area (Å²) in [5.74, 6) is 0.661. The fourth-order valence-electron chi connectivity index (χ4n) is 1.67. The van der Waals surface area contributed by atoms with Gasteiger partial charge < -0.3 is 5.32 Å². The van der Waals surface area contributed by atoms with Crippen LogP contribution in [0.5, 0.6) is 0 Å².